The Labute approximate surface area is 139 Å². The minimum Gasteiger partial charge on any atom is -0.507 e. The summed E-state index contributed by atoms with van der Waals surface area (Å²) in [7, 11) is 0. The van der Waals surface area contributed by atoms with E-state index in [2.05, 4.69) is 4.98 Å². The van der Waals surface area contributed by atoms with Crippen LogP contribution in [0.1, 0.15) is 33.2 Å². The van der Waals surface area contributed by atoms with Crippen molar-refractivity contribution in [1.82, 2.24) is 4.98 Å². The van der Waals surface area contributed by atoms with Gasteiger partial charge in [0.25, 0.3) is 5.56 Å². The molecule has 0 radical (unpaired) electrons. The Morgan fingerprint density at radius 1 is 1.27 bits per heavy atom. The summed E-state index contributed by atoms with van der Waals surface area (Å²) in [5, 5.41) is 9.80. The van der Waals surface area contributed by atoms with Crippen LogP contribution in [0.2, 0.25) is 0 Å². The minimum atomic E-state index is -0.801. The molecule has 0 amide bonds. The van der Waals surface area contributed by atoms with Crippen LogP contribution >= 0.6 is 22.6 Å². The highest BCUT2D eigenvalue weighted by Gasteiger charge is 2.18. The Balaban J connectivity index is 2.47. The standard InChI is InChI=1S/C15H12INO5/c1-2-22-15(21)11-5-8(7-17-14(11)20)13(19)10-6-9(16)3-4-12(10)18/h3-7,18H,2H2,1H3,(H,17,20). The van der Waals surface area contributed by atoms with Crippen LogP contribution in [0.3, 0.4) is 0 Å². The Morgan fingerprint density at radius 3 is 2.68 bits per heavy atom. The van der Waals surface area contributed by atoms with Gasteiger partial charge in [-0.15, -0.1) is 0 Å². The summed E-state index contributed by atoms with van der Waals surface area (Å²) in [6.45, 7) is 1.74. The third-order valence-corrected chi connectivity index (χ3v) is 3.53. The summed E-state index contributed by atoms with van der Waals surface area (Å²) in [5.41, 5.74) is -0.714. The second-order valence-corrected chi connectivity index (χ2v) is 5.59. The van der Waals surface area contributed by atoms with E-state index in [0.717, 1.165) is 3.57 Å². The van der Waals surface area contributed by atoms with E-state index in [1.165, 1.54) is 24.4 Å². The first-order valence-corrected chi connectivity index (χ1v) is 7.45. The Bertz CT molecular complexity index is 797. The maximum absolute atomic E-state index is 12.4. The normalized spacial score (nSPS) is 10.3. The molecule has 114 valence electrons. The van der Waals surface area contributed by atoms with Crippen LogP contribution in [0.4, 0.5) is 0 Å². The van der Waals surface area contributed by atoms with E-state index < -0.39 is 17.3 Å². The molecule has 1 heterocycles. The van der Waals surface area contributed by atoms with Crippen molar-refractivity contribution >= 4 is 34.3 Å². The van der Waals surface area contributed by atoms with E-state index in [4.69, 9.17) is 4.74 Å². The monoisotopic (exact) mass is 413 g/mol. The van der Waals surface area contributed by atoms with Crippen molar-refractivity contribution in [2.45, 2.75) is 6.92 Å². The molecule has 0 atom stereocenters. The van der Waals surface area contributed by atoms with Gasteiger partial charge in [-0.25, -0.2) is 4.79 Å². The number of phenolic OH excluding ortho intramolecular Hbond substituents is 1. The number of carbonyl (C=O) groups excluding carboxylic acids is 2. The molecular formula is C15H12INO5. The Hall–Kier alpha value is -2.16. The van der Waals surface area contributed by atoms with Gasteiger partial charge in [0.2, 0.25) is 0 Å². The van der Waals surface area contributed by atoms with Crippen LogP contribution < -0.4 is 5.56 Å². The number of phenols is 1. The molecule has 2 rings (SSSR count). The number of H-pyrrole nitrogens is 1. The van der Waals surface area contributed by atoms with E-state index in [1.807, 2.05) is 22.6 Å². The number of ether oxygens (including phenoxy) is 1. The fourth-order valence-electron chi connectivity index (χ4n) is 1.82. The van der Waals surface area contributed by atoms with Gasteiger partial charge in [0.1, 0.15) is 11.3 Å². The molecule has 0 aliphatic heterocycles. The first-order chi connectivity index (χ1) is 10.4. The summed E-state index contributed by atoms with van der Waals surface area (Å²) in [6.07, 6.45) is 1.20. The predicted molar refractivity (Wildman–Crippen MR) is 87.3 cm³/mol. The topological polar surface area (TPSA) is 96.5 Å². The third-order valence-electron chi connectivity index (χ3n) is 2.86. The second kappa shape index (κ2) is 6.73. The number of pyridine rings is 1. The fourth-order valence-corrected chi connectivity index (χ4v) is 2.31. The van der Waals surface area contributed by atoms with Crippen molar-refractivity contribution in [3.05, 3.63) is 61.1 Å². The summed E-state index contributed by atoms with van der Waals surface area (Å²) in [6, 6.07) is 5.75. The van der Waals surface area contributed by atoms with Gasteiger partial charge >= 0.3 is 5.97 Å². The molecule has 22 heavy (non-hydrogen) atoms. The zero-order chi connectivity index (χ0) is 16.3. The molecule has 1 aromatic carbocycles. The van der Waals surface area contributed by atoms with Gasteiger partial charge in [-0.1, -0.05) is 0 Å². The number of ketones is 1. The van der Waals surface area contributed by atoms with Crippen molar-refractivity contribution in [1.29, 1.82) is 0 Å². The van der Waals surface area contributed by atoms with Gasteiger partial charge in [0, 0.05) is 15.3 Å². The first kappa shape index (κ1) is 16.2. The van der Waals surface area contributed by atoms with Gasteiger partial charge < -0.3 is 14.8 Å². The van der Waals surface area contributed by atoms with Gasteiger partial charge in [-0.2, -0.15) is 0 Å². The van der Waals surface area contributed by atoms with Crippen LogP contribution in [0, 0.1) is 3.57 Å². The molecule has 0 fully saturated rings. The first-order valence-electron chi connectivity index (χ1n) is 6.37. The second-order valence-electron chi connectivity index (χ2n) is 4.34. The van der Waals surface area contributed by atoms with Crippen LogP contribution in [0.5, 0.6) is 5.75 Å². The molecular weight excluding hydrogens is 401 g/mol. The highest BCUT2D eigenvalue weighted by molar-refractivity contribution is 14.1. The predicted octanol–water partition coefficient (Wildman–Crippen LogP) is 2.09. The van der Waals surface area contributed by atoms with E-state index in [1.54, 1.807) is 13.0 Å². The maximum atomic E-state index is 12.4. The number of aromatic hydroxyl groups is 1. The number of aromatic amines is 1. The Morgan fingerprint density at radius 2 is 2.00 bits per heavy atom. The van der Waals surface area contributed by atoms with Crippen LogP contribution in [0.25, 0.3) is 0 Å². The molecule has 0 saturated carbocycles. The average Bonchev–Trinajstić information content (AvgIpc) is 2.49. The van der Waals surface area contributed by atoms with E-state index in [-0.39, 0.29) is 29.0 Å². The molecule has 0 saturated heterocycles. The van der Waals surface area contributed by atoms with Crippen LogP contribution in [0.15, 0.2) is 35.3 Å². The lowest BCUT2D eigenvalue weighted by Gasteiger charge is -2.06. The minimum absolute atomic E-state index is 0.0833. The molecule has 2 N–H and O–H groups in total. The zero-order valence-electron chi connectivity index (χ0n) is 11.6. The summed E-state index contributed by atoms with van der Waals surface area (Å²) in [4.78, 5) is 38.1. The van der Waals surface area contributed by atoms with Gasteiger partial charge in [0.15, 0.2) is 5.78 Å². The van der Waals surface area contributed by atoms with Gasteiger partial charge in [-0.05, 0) is 53.8 Å². The number of esters is 1. The largest absolute Gasteiger partial charge is 0.507 e. The SMILES string of the molecule is CCOC(=O)c1cc(C(=O)c2cc(I)ccc2O)c[nH]c1=O. The van der Waals surface area contributed by atoms with Crippen LogP contribution in [-0.4, -0.2) is 28.4 Å². The van der Waals surface area contributed by atoms with Crippen molar-refractivity contribution in [2.24, 2.45) is 0 Å². The van der Waals surface area contributed by atoms with Crippen molar-refractivity contribution < 1.29 is 19.4 Å². The lowest BCUT2D eigenvalue weighted by Crippen LogP contribution is -2.21. The number of rotatable bonds is 4. The smallest absolute Gasteiger partial charge is 0.343 e. The molecule has 2 aromatic rings. The fraction of sp³-hybridized carbons (Fsp3) is 0.133. The summed E-state index contributed by atoms with van der Waals surface area (Å²) >= 11 is 2.01. The molecule has 0 spiro atoms. The number of halogens is 1. The Kier molecular flexibility index (Phi) is 4.96. The highest BCUT2D eigenvalue weighted by Crippen LogP contribution is 2.22. The summed E-state index contributed by atoms with van der Waals surface area (Å²) < 4.78 is 5.54. The molecule has 0 aliphatic carbocycles. The molecule has 1 aromatic heterocycles. The number of hydrogen-bond acceptors (Lipinski definition) is 5. The number of nitrogens with one attached hydrogen (secondary N) is 1. The maximum Gasteiger partial charge on any atom is 0.343 e. The van der Waals surface area contributed by atoms with Gasteiger partial charge in [-0.3, -0.25) is 9.59 Å². The number of hydrogen-bond donors (Lipinski definition) is 2. The number of aromatic nitrogens is 1. The molecule has 0 aliphatic rings. The van der Waals surface area contributed by atoms with E-state index >= 15 is 0 Å². The van der Waals surface area contributed by atoms with E-state index in [9.17, 15) is 19.5 Å². The van der Waals surface area contributed by atoms with Crippen molar-refractivity contribution in [2.75, 3.05) is 6.61 Å². The lowest BCUT2D eigenvalue weighted by molar-refractivity contribution is 0.0524. The quantitative estimate of drug-likeness (QED) is 0.455. The van der Waals surface area contributed by atoms with Gasteiger partial charge in [0.05, 0.1) is 12.2 Å². The highest BCUT2D eigenvalue weighted by atomic mass is 127. The zero-order valence-corrected chi connectivity index (χ0v) is 13.7. The third kappa shape index (κ3) is 3.35. The summed E-state index contributed by atoms with van der Waals surface area (Å²) in [5.74, 6) is -1.47. The van der Waals surface area contributed by atoms with Crippen LogP contribution in [-0.2, 0) is 4.74 Å². The van der Waals surface area contributed by atoms with Crippen molar-refractivity contribution in [3.63, 3.8) is 0 Å². The lowest BCUT2D eigenvalue weighted by atomic mass is 10.0. The number of carbonyl (C=O) groups is 2. The molecule has 0 unspecified atom stereocenters. The molecule has 6 nitrogen and oxygen atoms in total. The van der Waals surface area contributed by atoms with Crippen molar-refractivity contribution in [3.8, 4) is 5.75 Å². The average molecular weight is 413 g/mol. The molecule has 7 heteroatoms. The molecule has 0 bridgehead atoms. The van der Waals surface area contributed by atoms with E-state index in [0.29, 0.717) is 0 Å². The number of benzene rings is 1.